The zero-order valence-electron chi connectivity index (χ0n) is 13.9. The second kappa shape index (κ2) is 6.83. The molecule has 0 heterocycles. The Kier molecular flexibility index (Phi) is 5.24. The molecule has 0 unspecified atom stereocenters. The van der Waals surface area contributed by atoms with Crippen molar-refractivity contribution < 1.29 is 8.42 Å². The normalized spacial score (nSPS) is 12.6. The fourth-order valence-electron chi connectivity index (χ4n) is 2.45. The third kappa shape index (κ3) is 4.89. The molecule has 4 nitrogen and oxygen atoms in total. The van der Waals surface area contributed by atoms with Crippen LogP contribution in [0.4, 0.5) is 0 Å². The van der Waals surface area contributed by atoms with Gasteiger partial charge in [-0.05, 0) is 38.0 Å². The highest BCUT2D eigenvalue weighted by molar-refractivity contribution is 7.89. The number of hydrogen-bond acceptors (Lipinski definition) is 3. The summed E-state index contributed by atoms with van der Waals surface area (Å²) in [6.07, 6.45) is 0. The van der Waals surface area contributed by atoms with Gasteiger partial charge in [0.2, 0.25) is 10.0 Å². The van der Waals surface area contributed by atoms with Gasteiger partial charge in [-0.15, -0.1) is 0 Å². The Hall–Kier alpha value is -1.69. The molecule has 2 rings (SSSR count). The van der Waals surface area contributed by atoms with E-state index in [4.69, 9.17) is 5.14 Å². The van der Waals surface area contributed by atoms with Gasteiger partial charge in [0.15, 0.2) is 0 Å². The molecule has 0 saturated carbocycles. The number of sulfonamides is 1. The summed E-state index contributed by atoms with van der Waals surface area (Å²) in [6, 6.07) is 17.1. The summed E-state index contributed by atoms with van der Waals surface area (Å²) < 4.78 is 23.6. The Morgan fingerprint density at radius 1 is 0.913 bits per heavy atom. The quantitative estimate of drug-likeness (QED) is 0.915. The maximum absolute atomic E-state index is 11.8. The average Bonchev–Trinajstić information content (AvgIpc) is 2.46. The van der Waals surface area contributed by atoms with E-state index in [1.165, 1.54) is 5.56 Å². The molecule has 0 spiro atoms. The van der Waals surface area contributed by atoms with Crippen LogP contribution in [0.3, 0.4) is 0 Å². The highest BCUT2D eigenvalue weighted by Gasteiger charge is 2.24. The van der Waals surface area contributed by atoms with Gasteiger partial charge in [0.25, 0.3) is 0 Å². The fourth-order valence-corrected chi connectivity index (χ4v) is 3.22. The Bertz CT molecular complexity index is 750. The lowest BCUT2D eigenvalue weighted by Crippen LogP contribution is -2.40. The van der Waals surface area contributed by atoms with E-state index in [9.17, 15) is 8.42 Å². The molecule has 2 aromatic carbocycles. The monoisotopic (exact) mass is 332 g/mol. The van der Waals surface area contributed by atoms with Crippen molar-refractivity contribution in [3.8, 4) is 0 Å². The number of hydrogen-bond donors (Lipinski definition) is 1. The van der Waals surface area contributed by atoms with Crippen molar-refractivity contribution in [1.82, 2.24) is 4.90 Å². The molecular formula is C18H24N2O2S. The van der Waals surface area contributed by atoms with Crippen LogP contribution >= 0.6 is 0 Å². The average molecular weight is 332 g/mol. The van der Waals surface area contributed by atoms with Crippen LogP contribution in [0, 0.1) is 0 Å². The van der Waals surface area contributed by atoms with Crippen molar-refractivity contribution in [3.05, 3.63) is 65.7 Å². The third-order valence-corrected chi connectivity index (χ3v) is 4.82. The lowest BCUT2D eigenvalue weighted by molar-refractivity contribution is 0.117. The van der Waals surface area contributed by atoms with E-state index in [0.29, 0.717) is 6.54 Å². The smallest absolute Gasteiger partial charge is 0.238 e. The molecule has 0 amide bonds. The Balaban J connectivity index is 2.33. The van der Waals surface area contributed by atoms with Crippen LogP contribution in [0.25, 0.3) is 0 Å². The minimum absolute atomic E-state index is 0.110. The molecule has 5 heteroatoms. The molecule has 124 valence electrons. The van der Waals surface area contributed by atoms with E-state index in [2.05, 4.69) is 37.8 Å². The molecule has 2 aromatic rings. The predicted molar refractivity (Wildman–Crippen MR) is 93.3 cm³/mol. The van der Waals surface area contributed by atoms with Crippen molar-refractivity contribution in [2.24, 2.45) is 5.14 Å². The van der Waals surface area contributed by atoms with Gasteiger partial charge in [-0.1, -0.05) is 48.5 Å². The first-order chi connectivity index (χ1) is 10.7. The largest absolute Gasteiger partial charge is 0.290 e. The summed E-state index contributed by atoms with van der Waals surface area (Å²) >= 11 is 0. The highest BCUT2D eigenvalue weighted by atomic mass is 32.2. The van der Waals surface area contributed by atoms with Crippen LogP contribution in [0.15, 0.2) is 59.5 Å². The van der Waals surface area contributed by atoms with E-state index >= 15 is 0 Å². The lowest BCUT2D eigenvalue weighted by Gasteiger charge is -2.36. The maximum atomic E-state index is 11.8. The van der Waals surface area contributed by atoms with Gasteiger partial charge in [-0.3, -0.25) is 4.90 Å². The van der Waals surface area contributed by atoms with Crippen molar-refractivity contribution in [2.75, 3.05) is 0 Å². The standard InChI is InChI=1S/C18H24N2O2S/c1-18(2,3)20(13-15-9-5-4-6-10-15)14-16-11-7-8-12-17(16)23(19,21)22/h4-12H,13-14H2,1-3H3,(H2,19,21,22). The first-order valence-electron chi connectivity index (χ1n) is 7.57. The van der Waals surface area contributed by atoms with E-state index < -0.39 is 10.0 Å². The van der Waals surface area contributed by atoms with Crippen LogP contribution in [0.1, 0.15) is 31.9 Å². The molecule has 0 aromatic heterocycles. The second-order valence-electron chi connectivity index (χ2n) is 6.67. The Labute approximate surface area is 139 Å². The van der Waals surface area contributed by atoms with E-state index in [1.807, 2.05) is 30.3 Å². The zero-order valence-corrected chi connectivity index (χ0v) is 14.7. The molecular weight excluding hydrogens is 308 g/mol. The minimum Gasteiger partial charge on any atom is -0.290 e. The molecule has 23 heavy (non-hydrogen) atoms. The molecule has 0 radical (unpaired) electrons. The molecule has 0 aliphatic heterocycles. The minimum atomic E-state index is -3.72. The molecule has 0 saturated heterocycles. The van der Waals surface area contributed by atoms with Crippen molar-refractivity contribution in [2.45, 2.75) is 44.3 Å². The molecule has 0 aliphatic rings. The maximum Gasteiger partial charge on any atom is 0.238 e. The Morgan fingerprint density at radius 3 is 2.04 bits per heavy atom. The van der Waals surface area contributed by atoms with Crippen LogP contribution < -0.4 is 5.14 Å². The zero-order chi connectivity index (χ0) is 17.1. The Morgan fingerprint density at radius 2 is 1.48 bits per heavy atom. The van der Waals surface area contributed by atoms with Crippen molar-refractivity contribution in [3.63, 3.8) is 0 Å². The van der Waals surface area contributed by atoms with Crippen LogP contribution in [-0.4, -0.2) is 18.9 Å². The molecule has 0 aliphatic carbocycles. The van der Waals surface area contributed by atoms with Crippen LogP contribution in [-0.2, 0) is 23.1 Å². The number of benzene rings is 2. The second-order valence-corrected chi connectivity index (χ2v) is 8.20. The number of rotatable bonds is 5. The number of nitrogens with two attached hydrogens (primary N) is 1. The van der Waals surface area contributed by atoms with Gasteiger partial charge < -0.3 is 0 Å². The van der Waals surface area contributed by atoms with Gasteiger partial charge >= 0.3 is 0 Å². The first-order valence-corrected chi connectivity index (χ1v) is 9.12. The van der Waals surface area contributed by atoms with Crippen LogP contribution in [0.5, 0.6) is 0 Å². The molecule has 0 bridgehead atoms. The summed E-state index contributed by atoms with van der Waals surface area (Å²) in [5.41, 5.74) is 1.80. The third-order valence-electron chi connectivity index (χ3n) is 3.81. The molecule has 0 atom stereocenters. The van der Waals surface area contributed by atoms with Gasteiger partial charge in [-0.25, -0.2) is 13.6 Å². The molecule has 2 N–H and O–H groups in total. The van der Waals surface area contributed by atoms with E-state index in [-0.39, 0.29) is 10.4 Å². The summed E-state index contributed by atoms with van der Waals surface area (Å²) in [4.78, 5) is 2.44. The van der Waals surface area contributed by atoms with E-state index in [1.54, 1.807) is 12.1 Å². The van der Waals surface area contributed by atoms with Gasteiger partial charge in [0.1, 0.15) is 0 Å². The van der Waals surface area contributed by atoms with Gasteiger partial charge in [-0.2, -0.15) is 0 Å². The summed E-state index contributed by atoms with van der Waals surface area (Å²) in [6.45, 7) is 7.62. The molecule has 0 fully saturated rings. The van der Waals surface area contributed by atoms with Crippen molar-refractivity contribution >= 4 is 10.0 Å². The van der Waals surface area contributed by atoms with Crippen LogP contribution in [0.2, 0.25) is 0 Å². The van der Waals surface area contributed by atoms with Gasteiger partial charge in [0, 0.05) is 18.6 Å². The summed E-state index contributed by atoms with van der Waals surface area (Å²) in [5.74, 6) is 0. The SMILES string of the molecule is CC(C)(C)N(Cc1ccccc1)Cc1ccccc1S(N)(=O)=O. The summed E-state index contributed by atoms with van der Waals surface area (Å²) in [5, 5.41) is 5.35. The van der Waals surface area contributed by atoms with E-state index in [0.717, 1.165) is 12.1 Å². The predicted octanol–water partition coefficient (Wildman–Crippen LogP) is 3.13. The summed E-state index contributed by atoms with van der Waals surface area (Å²) in [7, 11) is -3.72. The topological polar surface area (TPSA) is 63.4 Å². The van der Waals surface area contributed by atoms with Crippen molar-refractivity contribution in [1.29, 1.82) is 0 Å². The lowest BCUT2D eigenvalue weighted by atomic mass is 10.0. The number of nitrogens with zero attached hydrogens (tertiary/aromatic N) is 1. The first kappa shape index (κ1) is 17.7. The fraction of sp³-hybridized carbons (Fsp3) is 0.333. The number of primary sulfonamides is 1. The highest BCUT2D eigenvalue weighted by Crippen LogP contribution is 2.23. The van der Waals surface area contributed by atoms with Gasteiger partial charge in [0.05, 0.1) is 4.90 Å².